The maximum atomic E-state index is 12.7. The number of piperidine rings is 1. The zero-order valence-corrected chi connectivity index (χ0v) is 14.0. The largest absolute Gasteiger partial charge is 0.479 e. The number of carboxylic acids is 1. The molecule has 1 aromatic rings. The average Bonchev–Trinajstić information content (AvgIpc) is 2.89. The summed E-state index contributed by atoms with van der Waals surface area (Å²) in [5, 5.41) is 19.0. The molecule has 1 aliphatic heterocycles. The molecule has 2 N–H and O–H groups in total. The summed E-state index contributed by atoms with van der Waals surface area (Å²) in [6.07, 6.45) is 7.21. The third-order valence-electron chi connectivity index (χ3n) is 4.98. The van der Waals surface area contributed by atoms with Crippen LogP contribution in [0.5, 0.6) is 0 Å². The van der Waals surface area contributed by atoms with Gasteiger partial charge in [-0.25, -0.2) is 4.79 Å². The van der Waals surface area contributed by atoms with Crippen molar-refractivity contribution in [2.45, 2.75) is 57.0 Å². The summed E-state index contributed by atoms with van der Waals surface area (Å²) in [6.45, 7) is 0.592. The SMILES string of the molecule is O=C(c1cc2c(s1)CCCCCC2)N1CCC(O)(C(=O)O)CC1. The Balaban J connectivity index is 1.69. The zero-order valence-electron chi connectivity index (χ0n) is 13.2. The fourth-order valence-corrected chi connectivity index (χ4v) is 4.62. The van der Waals surface area contributed by atoms with Crippen LogP contribution < -0.4 is 0 Å². The normalized spacial score (nSPS) is 21.2. The number of rotatable bonds is 2. The summed E-state index contributed by atoms with van der Waals surface area (Å²) in [6, 6.07) is 2.03. The van der Waals surface area contributed by atoms with E-state index in [4.69, 9.17) is 5.11 Å². The molecule has 0 aromatic carbocycles. The van der Waals surface area contributed by atoms with Crippen LogP contribution in [0, 0.1) is 0 Å². The maximum Gasteiger partial charge on any atom is 0.335 e. The number of aliphatic carboxylic acids is 1. The number of carboxylic acid groups (broad SMARTS) is 1. The third kappa shape index (κ3) is 3.43. The van der Waals surface area contributed by atoms with Gasteiger partial charge in [-0.05, 0) is 37.3 Å². The molecular formula is C17H23NO4S. The highest BCUT2D eigenvalue weighted by Gasteiger charge is 2.40. The first-order chi connectivity index (χ1) is 11.0. The molecule has 23 heavy (non-hydrogen) atoms. The molecule has 2 heterocycles. The molecule has 0 spiro atoms. The van der Waals surface area contributed by atoms with Gasteiger partial charge in [0.2, 0.25) is 0 Å². The minimum atomic E-state index is -1.68. The van der Waals surface area contributed by atoms with Gasteiger partial charge < -0.3 is 15.1 Å². The van der Waals surface area contributed by atoms with Gasteiger partial charge in [0.15, 0.2) is 5.60 Å². The fraction of sp³-hybridized carbons (Fsp3) is 0.647. The van der Waals surface area contributed by atoms with E-state index in [0.29, 0.717) is 13.1 Å². The van der Waals surface area contributed by atoms with Crippen molar-refractivity contribution in [2.24, 2.45) is 0 Å². The molecule has 1 amide bonds. The van der Waals surface area contributed by atoms with Crippen LogP contribution in [-0.2, 0) is 17.6 Å². The number of aryl methyl sites for hydroxylation is 2. The van der Waals surface area contributed by atoms with Crippen LogP contribution >= 0.6 is 11.3 Å². The number of carbonyl (C=O) groups is 2. The van der Waals surface area contributed by atoms with E-state index in [1.54, 1.807) is 16.2 Å². The van der Waals surface area contributed by atoms with Crippen molar-refractivity contribution < 1.29 is 19.8 Å². The molecule has 2 aliphatic rings. The molecule has 0 unspecified atom stereocenters. The second-order valence-corrected chi connectivity index (χ2v) is 7.74. The topological polar surface area (TPSA) is 77.8 Å². The van der Waals surface area contributed by atoms with Crippen molar-refractivity contribution in [3.63, 3.8) is 0 Å². The van der Waals surface area contributed by atoms with Crippen LogP contribution in [0.1, 0.15) is 58.6 Å². The van der Waals surface area contributed by atoms with Crippen molar-refractivity contribution in [3.8, 4) is 0 Å². The van der Waals surface area contributed by atoms with Crippen molar-refractivity contribution >= 4 is 23.2 Å². The van der Waals surface area contributed by atoms with Crippen molar-refractivity contribution in [1.29, 1.82) is 0 Å². The number of aliphatic hydroxyl groups is 1. The summed E-state index contributed by atoms with van der Waals surface area (Å²) in [5.74, 6) is -1.21. The minimum Gasteiger partial charge on any atom is -0.479 e. The number of fused-ring (bicyclic) bond motifs is 1. The average molecular weight is 337 g/mol. The Morgan fingerprint density at radius 2 is 1.74 bits per heavy atom. The Labute approximate surface area is 139 Å². The molecule has 1 fully saturated rings. The Morgan fingerprint density at radius 3 is 2.39 bits per heavy atom. The molecule has 1 aromatic heterocycles. The highest BCUT2D eigenvalue weighted by atomic mass is 32.1. The van der Waals surface area contributed by atoms with Gasteiger partial charge >= 0.3 is 5.97 Å². The molecule has 126 valence electrons. The van der Waals surface area contributed by atoms with Gasteiger partial charge in [0.1, 0.15) is 0 Å². The third-order valence-corrected chi connectivity index (χ3v) is 6.21. The monoisotopic (exact) mass is 337 g/mol. The van der Waals surface area contributed by atoms with E-state index < -0.39 is 11.6 Å². The van der Waals surface area contributed by atoms with Crippen molar-refractivity contribution in [3.05, 3.63) is 21.4 Å². The number of thiophene rings is 1. The number of amides is 1. The lowest BCUT2D eigenvalue weighted by atomic mass is 9.91. The molecule has 5 nitrogen and oxygen atoms in total. The van der Waals surface area contributed by atoms with Crippen LogP contribution in [0.3, 0.4) is 0 Å². The van der Waals surface area contributed by atoms with E-state index in [9.17, 15) is 14.7 Å². The van der Waals surface area contributed by atoms with Crippen molar-refractivity contribution in [2.75, 3.05) is 13.1 Å². The van der Waals surface area contributed by atoms with E-state index in [-0.39, 0.29) is 18.7 Å². The second kappa shape index (κ2) is 6.61. The van der Waals surface area contributed by atoms with Crippen LogP contribution in [-0.4, -0.2) is 45.7 Å². The molecule has 6 heteroatoms. The minimum absolute atomic E-state index is 0.0193. The summed E-state index contributed by atoms with van der Waals surface area (Å²) in [7, 11) is 0. The van der Waals surface area contributed by atoms with E-state index in [1.807, 2.05) is 6.07 Å². The second-order valence-electron chi connectivity index (χ2n) is 6.60. The predicted molar refractivity (Wildman–Crippen MR) is 87.9 cm³/mol. The molecular weight excluding hydrogens is 314 g/mol. The highest BCUT2D eigenvalue weighted by Crippen LogP contribution is 2.30. The molecule has 1 aliphatic carbocycles. The first-order valence-electron chi connectivity index (χ1n) is 8.36. The summed E-state index contributed by atoms with van der Waals surface area (Å²) in [4.78, 5) is 27.5. The van der Waals surface area contributed by atoms with E-state index in [2.05, 4.69) is 0 Å². The molecule has 0 atom stereocenters. The first-order valence-corrected chi connectivity index (χ1v) is 9.18. The lowest BCUT2D eigenvalue weighted by Crippen LogP contribution is -2.50. The Hall–Kier alpha value is -1.40. The Morgan fingerprint density at radius 1 is 1.09 bits per heavy atom. The lowest BCUT2D eigenvalue weighted by molar-refractivity contribution is -0.162. The lowest BCUT2D eigenvalue weighted by Gasteiger charge is -2.35. The quantitative estimate of drug-likeness (QED) is 0.869. The fourth-order valence-electron chi connectivity index (χ4n) is 3.40. The van der Waals surface area contributed by atoms with E-state index in [0.717, 1.165) is 17.7 Å². The Bertz CT molecular complexity index is 576. The van der Waals surface area contributed by atoms with Crippen LogP contribution in [0.4, 0.5) is 0 Å². The molecule has 0 radical (unpaired) electrons. The number of likely N-dealkylation sites (tertiary alicyclic amines) is 1. The van der Waals surface area contributed by atoms with Crippen molar-refractivity contribution in [1.82, 2.24) is 4.90 Å². The summed E-state index contributed by atoms with van der Waals surface area (Å²) < 4.78 is 0. The van der Waals surface area contributed by atoms with Gasteiger partial charge in [-0.2, -0.15) is 0 Å². The molecule has 3 rings (SSSR count). The number of hydrogen-bond donors (Lipinski definition) is 2. The Kier molecular flexibility index (Phi) is 4.73. The van der Waals surface area contributed by atoms with E-state index >= 15 is 0 Å². The van der Waals surface area contributed by atoms with Gasteiger partial charge in [-0.1, -0.05) is 12.8 Å². The molecule has 0 saturated carbocycles. The number of hydrogen-bond acceptors (Lipinski definition) is 4. The summed E-state index contributed by atoms with van der Waals surface area (Å²) >= 11 is 1.60. The molecule has 0 bridgehead atoms. The highest BCUT2D eigenvalue weighted by molar-refractivity contribution is 7.14. The standard InChI is InChI=1S/C17H23NO4S/c19-15(18-9-7-17(22,8-10-18)16(20)21)14-11-12-5-3-1-2-4-6-13(12)23-14/h11,22H,1-10H2,(H,20,21). The van der Waals surface area contributed by atoms with Crippen LogP contribution in [0.25, 0.3) is 0 Å². The zero-order chi connectivity index (χ0) is 16.4. The van der Waals surface area contributed by atoms with E-state index in [1.165, 1.54) is 36.1 Å². The predicted octanol–water partition coefficient (Wildman–Crippen LogP) is 2.46. The first kappa shape index (κ1) is 16.5. The summed E-state index contributed by atoms with van der Waals surface area (Å²) in [5.41, 5.74) is -0.363. The maximum absolute atomic E-state index is 12.7. The van der Waals surface area contributed by atoms with Gasteiger partial charge in [0.05, 0.1) is 4.88 Å². The molecule has 1 saturated heterocycles. The van der Waals surface area contributed by atoms with Gasteiger partial charge in [0.25, 0.3) is 5.91 Å². The smallest absolute Gasteiger partial charge is 0.335 e. The van der Waals surface area contributed by atoms with Gasteiger partial charge in [-0.15, -0.1) is 11.3 Å². The van der Waals surface area contributed by atoms with Crippen LogP contribution in [0.2, 0.25) is 0 Å². The van der Waals surface area contributed by atoms with Gasteiger partial charge in [-0.3, -0.25) is 4.79 Å². The van der Waals surface area contributed by atoms with Crippen LogP contribution in [0.15, 0.2) is 6.07 Å². The van der Waals surface area contributed by atoms with Gasteiger partial charge in [0, 0.05) is 30.8 Å². The number of nitrogens with zero attached hydrogens (tertiary/aromatic N) is 1. The number of carbonyl (C=O) groups excluding carboxylic acids is 1.